The average Bonchev–Trinajstić information content (AvgIpc) is 2.87. The van der Waals surface area contributed by atoms with Gasteiger partial charge in [-0.05, 0) is 38.1 Å². The van der Waals surface area contributed by atoms with Crippen LogP contribution in [0, 0.1) is 5.92 Å². The molecule has 5 nitrogen and oxygen atoms in total. The van der Waals surface area contributed by atoms with Crippen molar-refractivity contribution >= 4 is 27.8 Å². The highest BCUT2D eigenvalue weighted by molar-refractivity contribution is 9.10. The zero-order chi connectivity index (χ0) is 16.1. The van der Waals surface area contributed by atoms with Crippen LogP contribution in [-0.4, -0.2) is 42.6 Å². The Kier molecular flexibility index (Phi) is 5.83. The summed E-state index contributed by atoms with van der Waals surface area (Å²) < 4.78 is 11.7. The molecule has 1 atom stereocenters. The highest BCUT2D eigenvalue weighted by atomic mass is 79.9. The third-order valence-corrected chi connectivity index (χ3v) is 4.05. The second-order valence-electron chi connectivity index (χ2n) is 5.51. The Morgan fingerprint density at radius 1 is 1.32 bits per heavy atom. The first kappa shape index (κ1) is 16.8. The van der Waals surface area contributed by atoms with E-state index >= 15 is 0 Å². The molecule has 2 rings (SSSR count). The Balaban J connectivity index is 1.70. The van der Waals surface area contributed by atoms with Crippen LogP contribution in [-0.2, 0) is 14.3 Å². The van der Waals surface area contributed by atoms with E-state index in [1.54, 1.807) is 4.90 Å². The zero-order valence-corrected chi connectivity index (χ0v) is 14.3. The predicted octanol–water partition coefficient (Wildman–Crippen LogP) is 2.63. The first-order valence-corrected chi connectivity index (χ1v) is 8.11. The van der Waals surface area contributed by atoms with Crippen LogP contribution in [0.1, 0.15) is 20.3 Å². The van der Waals surface area contributed by atoms with Crippen molar-refractivity contribution in [2.75, 3.05) is 19.8 Å². The summed E-state index contributed by atoms with van der Waals surface area (Å²) in [5.41, 5.74) is 0. The van der Waals surface area contributed by atoms with E-state index in [0.29, 0.717) is 13.2 Å². The summed E-state index contributed by atoms with van der Waals surface area (Å²) in [7, 11) is 0. The van der Waals surface area contributed by atoms with Crippen LogP contribution < -0.4 is 4.74 Å². The number of rotatable bonds is 6. The van der Waals surface area contributed by atoms with Gasteiger partial charge in [0.25, 0.3) is 0 Å². The van der Waals surface area contributed by atoms with Gasteiger partial charge >= 0.3 is 5.97 Å². The summed E-state index contributed by atoms with van der Waals surface area (Å²) in [5, 5.41) is 0. The van der Waals surface area contributed by atoms with Gasteiger partial charge < -0.3 is 14.4 Å². The zero-order valence-electron chi connectivity index (χ0n) is 12.8. The van der Waals surface area contributed by atoms with E-state index in [-0.39, 0.29) is 36.9 Å². The molecule has 0 aromatic heterocycles. The molecule has 1 aliphatic rings. The lowest BCUT2D eigenvalue weighted by Crippen LogP contribution is -2.33. The van der Waals surface area contributed by atoms with E-state index in [0.717, 1.165) is 10.2 Å². The molecule has 22 heavy (non-hydrogen) atoms. The second-order valence-corrected chi connectivity index (χ2v) is 6.43. The molecule has 1 fully saturated rings. The minimum Gasteiger partial charge on any atom is -0.490 e. The Morgan fingerprint density at radius 2 is 2.00 bits per heavy atom. The molecular formula is C16H20BrNO4. The van der Waals surface area contributed by atoms with E-state index in [1.807, 2.05) is 38.1 Å². The van der Waals surface area contributed by atoms with Crippen molar-refractivity contribution in [1.29, 1.82) is 0 Å². The van der Waals surface area contributed by atoms with E-state index in [4.69, 9.17) is 9.47 Å². The normalized spacial score (nSPS) is 17.9. The van der Waals surface area contributed by atoms with Gasteiger partial charge in [0.05, 0.1) is 5.92 Å². The van der Waals surface area contributed by atoms with Gasteiger partial charge in [-0.25, -0.2) is 0 Å². The monoisotopic (exact) mass is 369 g/mol. The third kappa shape index (κ3) is 4.47. The summed E-state index contributed by atoms with van der Waals surface area (Å²) in [4.78, 5) is 25.4. The molecule has 1 saturated heterocycles. The van der Waals surface area contributed by atoms with Gasteiger partial charge in [-0.1, -0.05) is 15.9 Å². The second kappa shape index (κ2) is 7.63. The average molecular weight is 370 g/mol. The molecule has 1 amide bonds. The number of hydrogen-bond donors (Lipinski definition) is 0. The van der Waals surface area contributed by atoms with Crippen molar-refractivity contribution in [3.63, 3.8) is 0 Å². The molecule has 1 aliphatic heterocycles. The van der Waals surface area contributed by atoms with Gasteiger partial charge in [-0.3, -0.25) is 9.59 Å². The Bertz CT molecular complexity index is 529. The van der Waals surface area contributed by atoms with E-state index in [9.17, 15) is 9.59 Å². The van der Waals surface area contributed by atoms with Gasteiger partial charge in [-0.2, -0.15) is 0 Å². The SMILES string of the molecule is CC(C)N1CC(C(=O)OCCOc2ccc(Br)cc2)CC1=O. The lowest BCUT2D eigenvalue weighted by molar-refractivity contribution is -0.149. The Morgan fingerprint density at radius 3 is 2.59 bits per heavy atom. The molecule has 0 aliphatic carbocycles. The summed E-state index contributed by atoms with van der Waals surface area (Å²) in [6.45, 7) is 4.81. The molecule has 1 heterocycles. The maximum absolute atomic E-state index is 12.0. The topological polar surface area (TPSA) is 55.8 Å². The summed E-state index contributed by atoms with van der Waals surface area (Å²) in [6, 6.07) is 7.55. The molecule has 1 unspecified atom stereocenters. The van der Waals surface area contributed by atoms with Crippen LogP contribution in [0.5, 0.6) is 5.75 Å². The van der Waals surface area contributed by atoms with Crippen molar-refractivity contribution in [2.24, 2.45) is 5.92 Å². The van der Waals surface area contributed by atoms with Gasteiger partial charge in [0.2, 0.25) is 5.91 Å². The fraction of sp³-hybridized carbons (Fsp3) is 0.500. The first-order valence-electron chi connectivity index (χ1n) is 7.32. The minimum atomic E-state index is -0.359. The first-order chi connectivity index (χ1) is 10.5. The fourth-order valence-electron chi connectivity index (χ4n) is 2.34. The van der Waals surface area contributed by atoms with E-state index in [1.165, 1.54) is 0 Å². The van der Waals surface area contributed by atoms with Crippen molar-refractivity contribution < 1.29 is 19.1 Å². The third-order valence-electron chi connectivity index (χ3n) is 3.53. The minimum absolute atomic E-state index is 0.0167. The Hall–Kier alpha value is -1.56. The van der Waals surface area contributed by atoms with Crippen LogP contribution >= 0.6 is 15.9 Å². The summed E-state index contributed by atoms with van der Waals surface area (Å²) in [5.74, 6) is 0.0582. The molecular weight excluding hydrogens is 350 g/mol. The van der Waals surface area contributed by atoms with Gasteiger partial charge in [0, 0.05) is 23.5 Å². The largest absolute Gasteiger partial charge is 0.490 e. The number of benzene rings is 1. The van der Waals surface area contributed by atoms with Crippen molar-refractivity contribution in [3.8, 4) is 5.75 Å². The molecule has 1 aromatic rings. The molecule has 0 radical (unpaired) electrons. The van der Waals surface area contributed by atoms with Crippen LogP contribution in [0.4, 0.5) is 0 Å². The van der Waals surface area contributed by atoms with Crippen molar-refractivity contribution in [1.82, 2.24) is 4.90 Å². The van der Waals surface area contributed by atoms with Gasteiger partial charge in [0.1, 0.15) is 19.0 Å². The molecule has 6 heteroatoms. The highest BCUT2D eigenvalue weighted by Crippen LogP contribution is 2.21. The van der Waals surface area contributed by atoms with Gasteiger partial charge in [-0.15, -0.1) is 0 Å². The van der Waals surface area contributed by atoms with Crippen LogP contribution in [0.2, 0.25) is 0 Å². The predicted molar refractivity (Wildman–Crippen MR) is 85.6 cm³/mol. The number of carbonyl (C=O) groups is 2. The maximum Gasteiger partial charge on any atom is 0.311 e. The fourth-order valence-corrected chi connectivity index (χ4v) is 2.60. The number of amides is 1. The maximum atomic E-state index is 12.0. The molecule has 0 saturated carbocycles. The van der Waals surface area contributed by atoms with Crippen LogP contribution in [0.3, 0.4) is 0 Å². The van der Waals surface area contributed by atoms with Crippen molar-refractivity contribution in [3.05, 3.63) is 28.7 Å². The van der Waals surface area contributed by atoms with Crippen molar-refractivity contribution in [2.45, 2.75) is 26.3 Å². The molecule has 1 aromatic carbocycles. The van der Waals surface area contributed by atoms with Crippen LogP contribution in [0.15, 0.2) is 28.7 Å². The number of esters is 1. The standard InChI is InChI=1S/C16H20BrNO4/c1-11(2)18-10-12(9-15(18)19)16(20)22-8-7-21-14-5-3-13(17)4-6-14/h3-6,11-12H,7-10H2,1-2H3. The van der Waals surface area contributed by atoms with Gasteiger partial charge in [0.15, 0.2) is 0 Å². The van der Waals surface area contributed by atoms with Crippen LogP contribution in [0.25, 0.3) is 0 Å². The van der Waals surface area contributed by atoms with E-state index < -0.39 is 0 Å². The summed E-state index contributed by atoms with van der Waals surface area (Å²) in [6.07, 6.45) is 0.241. The smallest absolute Gasteiger partial charge is 0.311 e. The number of likely N-dealkylation sites (tertiary alicyclic amines) is 1. The lowest BCUT2D eigenvalue weighted by atomic mass is 10.1. The molecule has 0 N–H and O–H groups in total. The lowest BCUT2D eigenvalue weighted by Gasteiger charge is -2.20. The molecule has 0 spiro atoms. The highest BCUT2D eigenvalue weighted by Gasteiger charge is 2.36. The molecule has 0 bridgehead atoms. The molecule has 120 valence electrons. The number of nitrogens with zero attached hydrogens (tertiary/aromatic N) is 1. The number of halogens is 1. The number of hydrogen-bond acceptors (Lipinski definition) is 4. The number of carbonyl (C=O) groups excluding carboxylic acids is 2. The quantitative estimate of drug-likeness (QED) is 0.571. The number of ether oxygens (including phenoxy) is 2. The van der Waals surface area contributed by atoms with E-state index in [2.05, 4.69) is 15.9 Å². The Labute approximate surface area is 138 Å². The summed E-state index contributed by atoms with van der Waals surface area (Å²) >= 11 is 3.35.